The van der Waals surface area contributed by atoms with Gasteiger partial charge in [-0.2, -0.15) is 0 Å². The largest absolute Gasteiger partial charge is 0.393 e. The average Bonchev–Trinajstić information content (AvgIpc) is 2.20. The standard InChI is InChI=1S/C11H25NOSi/c1-2-3-7-11(13)8-5-4-6-9-14-10-12/h11,13H,2-10,12H2,1H3. The second-order valence-corrected chi connectivity index (χ2v) is 5.26. The Labute approximate surface area is 91.1 Å². The maximum absolute atomic E-state index is 9.56. The molecule has 0 heterocycles. The van der Waals surface area contributed by atoms with E-state index >= 15 is 0 Å². The fraction of sp³-hybridized carbons (Fsp3) is 1.00. The highest BCUT2D eigenvalue weighted by atomic mass is 28.2. The molecule has 2 nitrogen and oxygen atoms in total. The lowest BCUT2D eigenvalue weighted by molar-refractivity contribution is 0.148. The zero-order chi connectivity index (χ0) is 10.6. The topological polar surface area (TPSA) is 46.2 Å². The Morgan fingerprint density at radius 1 is 1.14 bits per heavy atom. The smallest absolute Gasteiger partial charge is 0.0559 e. The van der Waals surface area contributed by atoms with Gasteiger partial charge in [-0.1, -0.05) is 45.1 Å². The molecule has 84 valence electrons. The Kier molecular flexibility index (Phi) is 11.3. The number of unbranched alkanes of at least 4 members (excludes halogenated alkanes) is 3. The van der Waals surface area contributed by atoms with Gasteiger partial charge in [-0.05, 0) is 19.0 Å². The molecular formula is C11H25NOSi. The van der Waals surface area contributed by atoms with Crippen LogP contribution < -0.4 is 5.73 Å². The molecule has 1 atom stereocenters. The number of aliphatic hydroxyl groups excluding tert-OH is 1. The summed E-state index contributed by atoms with van der Waals surface area (Å²) >= 11 is 0. The minimum absolute atomic E-state index is 0.0492. The van der Waals surface area contributed by atoms with E-state index < -0.39 is 0 Å². The van der Waals surface area contributed by atoms with E-state index in [-0.39, 0.29) is 6.10 Å². The Balaban J connectivity index is 3.02. The predicted octanol–water partition coefficient (Wildman–Crippen LogP) is 2.14. The van der Waals surface area contributed by atoms with E-state index in [2.05, 4.69) is 6.92 Å². The zero-order valence-electron chi connectivity index (χ0n) is 9.47. The van der Waals surface area contributed by atoms with E-state index in [4.69, 9.17) is 5.73 Å². The minimum atomic E-state index is -0.0492. The van der Waals surface area contributed by atoms with Crippen molar-refractivity contribution in [1.82, 2.24) is 0 Å². The van der Waals surface area contributed by atoms with Crippen molar-refractivity contribution >= 4 is 9.52 Å². The van der Waals surface area contributed by atoms with Crippen LogP contribution in [0.2, 0.25) is 6.04 Å². The fourth-order valence-electron chi connectivity index (χ4n) is 1.49. The summed E-state index contributed by atoms with van der Waals surface area (Å²) in [6, 6.07) is 1.28. The molecule has 0 aliphatic rings. The van der Waals surface area contributed by atoms with Gasteiger partial charge in [0, 0.05) is 0 Å². The van der Waals surface area contributed by atoms with Crippen LogP contribution in [0.1, 0.15) is 51.9 Å². The van der Waals surface area contributed by atoms with Crippen molar-refractivity contribution in [2.24, 2.45) is 5.73 Å². The highest BCUT2D eigenvalue weighted by molar-refractivity contribution is 6.35. The maximum atomic E-state index is 9.56. The van der Waals surface area contributed by atoms with Crippen molar-refractivity contribution in [1.29, 1.82) is 0 Å². The van der Waals surface area contributed by atoms with Crippen LogP contribution in [-0.4, -0.2) is 26.9 Å². The molecule has 0 aliphatic carbocycles. The third kappa shape index (κ3) is 10.2. The highest BCUT2D eigenvalue weighted by Crippen LogP contribution is 2.10. The lowest BCUT2D eigenvalue weighted by atomic mass is 10.1. The molecule has 14 heavy (non-hydrogen) atoms. The van der Waals surface area contributed by atoms with E-state index in [0.717, 1.165) is 35.0 Å². The van der Waals surface area contributed by atoms with Crippen molar-refractivity contribution in [3.63, 3.8) is 0 Å². The van der Waals surface area contributed by atoms with Crippen molar-refractivity contribution in [2.75, 3.05) is 6.17 Å². The van der Waals surface area contributed by atoms with Gasteiger partial charge in [0.2, 0.25) is 0 Å². The van der Waals surface area contributed by atoms with Crippen molar-refractivity contribution in [3.8, 4) is 0 Å². The second-order valence-electron chi connectivity index (χ2n) is 3.85. The summed E-state index contributed by atoms with van der Waals surface area (Å²) in [4.78, 5) is 0. The van der Waals surface area contributed by atoms with E-state index in [1.54, 1.807) is 0 Å². The molecular weight excluding hydrogens is 190 g/mol. The van der Waals surface area contributed by atoms with Crippen molar-refractivity contribution in [2.45, 2.75) is 64.0 Å². The molecule has 0 rings (SSSR count). The maximum Gasteiger partial charge on any atom is 0.0559 e. The lowest BCUT2D eigenvalue weighted by Crippen LogP contribution is -2.08. The molecule has 0 fully saturated rings. The van der Waals surface area contributed by atoms with Crippen LogP contribution in [0.25, 0.3) is 0 Å². The molecule has 3 N–H and O–H groups in total. The van der Waals surface area contributed by atoms with Crippen LogP contribution in [0.4, 0.5) is 0 Å². The van der Waals surface area contributed by atoms with Crippen molar-refractivity contribution in [3.05, 3.63) is 0 Å². The second kappa shape index (κ2) is 11.2. The molecule has 0 bridgehead atoms. The third-order valence-electron chi connectivity index (χ3n) is 2.43. The SMILES string of the molecule is CCCCC(O)CCCCC[Si]CN. The minimum Gasteiger partial charge on any atom is -0.393 e. The molecule has 0 saturated heterocycles. The molecule has 0 amide bonds. The Morgan fingerprint density at radius 2 is 1.86 bits per heavy atom. The summed E-state index contributed by atoms with van der Waals surface area (Å²) in [5, 5.41) is 9.56. The number of aliphatic hydroxyl groups is 1. The molecule has 1 unspecified atom stereocenters. The van der Waals surface area contributed by atoms with Crippen LogP contribution in [0.5, 0.6) is 0 Å². The number of hydrogen-bond donors (Lipinski definition) is 2. The Hall–Kier alpha value is 0.137. The monoisotopic (exact) mass is 215 g/mol. The van der Waals surface area contributed by atoms with Gasteiger partial charge >= 0.3 is 0 Å². The van der Waals surface area contributed by atoms with E-state index in [0.29, 0.717) is 0 Å². The predicted molar refractivity (Wildman–Crippen MR) is 63.6 cm³/mol. The van der Waals surface area contributed by atoms with Crippen LogP contribution in [-0.2, 0) is 0 Å². The summed E-state index contributed by atoms with van der Waals surface area (Å²) in [7, 11) is 0.936. The zero-order valence-corrected chi connectivity index (χ0v) is 10.5. The van der Waals surface area contributed by atoms with E-state index in [1.165, 1.54) is 31.7 Å². The molecule has 2 radical (unpaired) electrons. The van der Waals surface area contributed by atoms with Crippen LogP contribution >= 0.6 is 0 Å². The van der Waals surface area contributed by atoms with Crippen LogP contribution in [0.3, 0.4) is 0 Å². The third-order valence-corrected chi connectivity index (χ3v) is 3.42. The van der Waals surface area contributed by atoms with Gasteiger partial charge < -0.3 is 10.8 Å². The summed E-state index contributed by atoms with van der Waals surface area (Å²) in [5.74, 6) is 0. The molecule has 0 saturated carbocycles. The lowest BCUT2D eigenvalue weighted by Gasteiger charge is -2.08. The number of nitrogens with two attached hydrogens (primary N) is 1. The molecule has 0 aliphatic heterocycles. The fourth-order valence-corrected chi connectivity index (χ4v) is 2.20. The molecule has 0 aromatic heterocycles. The van der Waals surface area contributed by atoms with Gasteiger partial charge in [0.15, 0.2) is 0 Å². The number of hydrogen-bond acceptors (Lipinski definition) is 2. The van der Waals surface area contributed by atoms with Gasteiger partial charge in [-0.3, -0.25) is 0 Å². The Bertz CT molecular complexity index is 111. The molecule has 0 aromatic carbocycles. The quantitative estimate of drug-likeness (QED) is 0.433. The average molecular weight is 215 g/mol. The number of rotatable bonds is 10. The molecule has 0 spiro atoms. The van der Waals surface area contributed by atoms with E-state index in [1.807, 2.05) is 0 Å². The highest BCUT2D eigenvalue weighted by Gasteiger charge is 2.02. The van der Waals surface area contributed by atoms with Gasteiger partial charge in [-0.15, -0.1) is 0 Å². The van der Waals surface area contributed by atoms with Gasteiger partial charge in [0.05, 0.1) is 15.6 Å². The Morgan fingerprint density at radius 3 is 2.50 bits per heavy atom. The summed E-state index contributed by atoms with van der Waals surface area (Å²) in [5.41, 5.74) is 5.42. The van der Waals surface area contributed by atoms with Gasteiger partial charge in [0.1, 0.15) is 0 Å². The van der Waals surface area contributed by atoms with Crippen LogP contribution in [0.15, 0.2) is 0 Å². The normalized spacial score (nSPS) is 13.1. The molecule has 0 aromatic rings. The van der Waals surface area contributed by atoms with Crippen LogP contribution in [0, 0.1) is 0 Å². The summed E-state index contributed by atoms with van der Waals surface area (Å²) < 4.78 is 0. The molecule has 3 heteroatoms. The first kappa shape index (κ1) is 14.1. The van der Waals surface area contributed by atoms with Gasteiger partial charge in [0.25, 0.3) is 0 Å². The first-order chi connectivity index (χ1) is 6.81. The summed E-state index contributed by atoms with van der Waals surface area (Å²) in [6.45, 7) is 2.17. The first-order valence-electron chi connectivity index (χ1n) is 5.90. The first-order valence-corrected chi connectivity index (χ1v) is 7.31. The van der Waals surface area contributed by atoms with Gasteiger partial charge in [-0.25, -0.2) is 0 Å². The van der Waals surface area contributed by atoms with E-state index in [9.17, 15) is 5.11 Å². The summed E-state index contributed by atoms with van der Waals surface area (Å²) in [6.07, 6.45) is 8.86. The van der Waals surface area contributed by atoms with Crippen molar-refractivity contribution < 1.29 is 5.11 Å².